The lowest BCUT2D eigenvalue weighted by molar-refractivity contribution is -0.114. The molecule has 0 aromatic heterocycles. The first-order valence-electron chi connectivity index (χ1n) is 6.47. The fourth-order valence-corrected chi connectivity index (χ4v) is 3.48. The predicted molar refractivity (Wildman–Crippen MR) is 59.7 cm³/mol. The van der Waals surface area contributed by atoms with Crippen LogP contribution in [0.2, 0.25) is 0 Å². The van der Waals surface area contributed by atoms with E-state index in [1.165, 1.54) is 38.5 Å². The first-order chi connectivity index (χ1) is 7.34. The van der Waals surface area contributed by atoms with Crippen LogP contribution >= 0.6 is 0 Å². The molecule has 2 unspecified atom stereocenters. The predicted octanol–water partition coefficient (Wildman–Crippen LogP) is 1.12. The first-order valence-corrected chi connectivity index (χ1v) is 6.47. The number of hydrogen-bond donors (Lipinski definition) is 1. The molecular weight excluding hydrogens is 188 g/mol. The molecule has 3 aliphatic rings. The van der Waals surface area contributed by atoms with Crippen LogP contribution in [0.4, 0.5) is 0 Å². The summed E-state index contributed by atoms with van der Waals surface area (Å²) in [4.78, 5) is 2.71. The van der Waals surface area contributed by atoms with Crippen LogP contribution in [0.25, 0.3) is 0 Å². The molecule has 1 saturated heterocycles. The molecule has 3 nitrogen and oxygen atoms in total. The second-order valence-electron chi connectivity index (χ2n) is 5.38. The molecule has 0 aromatic carbocycles. The van der Waals surface area contributed by atoms with Crippen LogP contribution in [0.5, 0.6) is 0 Å². The minimum atomic E-state index is 0.472. The SMILES string of the molecule is NC1CC(N2CCOC3CCCCC32)C1. The van der Waals surface area contributed by atoms with E-state index in [1.807, 2.05) is 0 Å². The zero-order valence-corrected chi connectivity index (χ0v) is 9.40. The number of morpholine rings is 1. The van der Waals surface area contributed by atoms with Crippen molar-refractivity contribution in [2.45, 2.75) is 62.8 Å². The molecule has 0 radical (unpaired) electrons. The van der Waals surface area contributed by atoms with E-state index in [9.17, 15) is 0 Å². The second kappa shape index (κ2) is 4.04. The molecule has 15 heavy (non-hydrogen) atoms. The quantitative estimate of drug-likeness (QED) is 0.705. The zero-order valence-electron chi connectivity index (χ0n) is 9.40. The smallest absolute Gasteiger partial charge is 0.0731 e. The highest BCUT2D eigenvalue weighted by Gasteiger charge is 2.41. The van der Waals surface area contributed by atoms with E-state index in [1.54, 1.807) is 0 Å². The maximum Gasteiger partial charge on any atom is 0.0731 e. The van der Waals surface area contributed by atoms with Gasteiger partial charge in [-0.15, -0.1) is 0 Å². The highest BCUT2D eigenvalue weighted by atomic mass is 16.5. The lowest BCUT2D eigenvalue weighted by Crippen LogP contribution is -2.61. The zero-order chi connectivity index (χ0) is 10.3. The largest absolute Gasteiger partial charge is 0.375 e. The van der Waals surface area contributed by atoms with Crippen molar-refractivity contribution in [3.8, 4) is 0 Å². The van der Waals surface area contributed by atoms with Gasteiger partial charge in [0.05, 0.1) is 12.7 Å². The Morgan fingerprint density at radius 3 is 2.73 bits per heavy atom. The monoisotopic (exact) mass is 210 g/mol. The molecular formula is C12H22N2O. The molecule has 1 heterocycles. The van der Waals surface area contributed by atoms with Crippen LogP contribution in [0.15, 0.2) is 0 Å². The van der Waals surface area contributed by atoms with Crippen molar-refractivity contribution >= 4 is 0 Å². The molecule has 2 aliphatic carbocycles. The number of rotatable bonds is 1. The summed E-state index contributed by atoms with van der Waals surface area (Å²) in [7, 11) is 0. The van der Waals surface area contributed by atoms with Crippen molar-refractivity contribution in [1.29, 1.82) is 0 Å². The molecule has 1 aliphatic heterocycles. The van der Waals surface area contributed by atoms with Crippen LogP contribution < -0.4 is 5.73 Å². The number of nitrogens with zero attached hydrogens (tertiary/aromatic N) is 1. The third kappa shape index (κ3) is 1.81. The van der Waals surface area contributed by atoms with E-state index < -0.39 is 0 Å². The highest BCUT2D eigenvalue weighted by Crippen LogP contribution is 2.34. The van der Waals surface area contributed by atoms with Crippen molar-refractivity contribution < 1.29 is 4.74 Å². The Labute approximate surface area is 91.9 Å². The molecule has 3 rings (SSSR count). The highest BCUT2D eigenvalue weighted by molar-refractivity contribution is 4.96. The number of nitrogens with two attached hydrogens (primary N) is 1. The Balaban J connectivity index is 1.65. The lowest BCUT2D eigenvalue weighted by atomic mass is 9.82. The van der Waals surface area contributed by atoms with Crippen molar-refractivity contribution in [3.63, 3.8) is 0 Å². The lowest BCUT2D eigenvalue weighted by Gasteiger charge is -2.51. The van der Waals surface area contributed by atoms with Gasteiger partial charge in [0.15, 0.2) is 0 Å². The average molecular weight is 210 g/mol. The molecule has 3 fully saturated rings. The van der Waals surface area contributed by atoms with Crippen LogP contribution in [0.3, 0.4) is 0 Å². The molecule has 86 valence electrons. The standard InChI is InChI=1S/C12H22N2O/c13-9-7-10(8-9)14-5-6-15-12-4-2-1-3-11(12)14/h9-12H,1-8,13H2. The minimum Gasteiger partial charge on any atom is -0.375 e. The third-order valence-electron chi connectivity index (χ3n) is 4.39. The summed E-state index contributed by atoms with van der Waals surface area (Å²) in [6, 6.07) is 1.96. The van der Waals surface area contributed by atoms with E-state index in [-0.39, 0.29) is 0 Å². The molecule has 2 atom stereocenters. The fourth-order valence-electron chi connectivity index (χ4n) is 3.48. The van der Waals surface area contributed by atoms with Crippen LogP contribution in [-0.4, -0.2) is 42.3 Å². The second-order valence-corrected chi connectivity index (χ2v) is 5.38. The van der Waals surface area contributed by atoms with Gasteiger partial charge in [0.1, 0.15) is 0 Å². The van der Waals surface area contributed by atoms with Crippen molar-refractivity contribution in [3.05, 3.63) is 0 Å². The van der Waals surface area contributed by atoms with Gasteiger partial charge < -0.3 is 10.5 Å². The van der Waals surface area contributed by atoms with E-state index >= 15 is 0 Å². The van der Waals surface area contributed by atoms with Crippen LogP contribution in [0.1, 0.15) is 38.5 Å². The van der Waals surface area contributed by atoms with Gasteiger partial charge in [0, 0.05) is 24.7 Å². The van der Waals surface area contributed by atoms with Gasteiger partial charge >= 0.3 is 0 Å². The Morgan fingerprint density at radius 2 is 1.93 bits per heavy atom. The summed E-state index contributed by atoms with van der Waals surface area (Å²) < 4.78 is 5.88. The maximum atomic E-state index is 5.89. The summed E-state index contributed by atoms with van der Waals surface area (Å²) in [6.45, 7) is 2.07. The summed E-state index contributed by atoms with van der Waals surface area (Å²) in [5.74, 6) is 0. The fraction of sp³-hybridized carbons (Fsp3) is 1.00. The number of ether oxygens (including phenoxy) is 1. The van der Waals surface area contributed by atoms with Crippen LogP contribution in [-0.2, 0) is 4.74 Å². The van der Waals surface area contributed by atoms with Gasteiger partial charge in [-0.25, -0.2) is 0 Å². The molecule has 2 N–H and O–H groups in total. The number of hydrogen-bond acceptors (Lipinski definition) is 3. The first kappa shape index (κ1) is 10.1. The van der Waals surface area contributed by atoms with Crippen molar-refractivity contribution in [2.24, 2.45) is 5.73 Å². The van der Waals surface area contributed by atoms with Crippen molar-refractivity contribution in [2.75, 3.05) is 13.2 Å². The normalized spacial score (nSPS) is 47.0. The van der Waals surface area contributed by atoms with Gasteiger partial charge in [-0.05, 0) is 25.7 Å². The van der Waals surface area contributed by atoms with Crippen LogP contribution in [0, 0.1) is 0 Å². The summed E-state index contributed by atoms with van der Waals surface area (Å²) in [5.41, 5.74) is 5.89. The average Bonchev–Trinajstić information content (AvgIpc) is 2.24. The Hall–Kier alpha value is -0.120. The Bertz CT molecular complexity index is 226. The number of fused-ring (bicyclic) bond motifs is 1. The van der Waals surface area contributed by atoms with E-state index in [2.05, 4.69) is 4.90 Å². The topological polar surface area (TPSA) is 38.5 Å². The van der Waals surface area contributed by atoms with Crippen molar-refractivity contribution in [1.82, 2.24) is 4.90 Å². The molecule has 0 aromatic rings. The van der Waals surface area contributed by atoms with E-state index in [0.29, 0.717) is 18.2 Å². The third-order valence-corrected chi connectivity index (χ3v) is 4.39. The molecule has 2 saturated carbocycles. The molecule has 0 amide bonds. The Kier molecular flexibility index (Phi) is 2.71. The van der Waals surface area contributed by atoms with Gasteiger partial charge in [-0.2, -0.15) is 0 Å². The summed E-state index contributed by atoms with van der Waals surface area (Å²) in [5, 5.41) is 0. The van der Waals surface area contributed by atoms with E-state index in [4.69, 9.17) is 10.5 Å². The van der Waals surface area contributed by atoms with Gasteiger partial charge in [0.25, 0.3) is 0 Å². The van der Waals surface area contributed by atoms with E-state index in [0.717, 1.165) is 19.2 Å². The summed E-state index contributed by atoms with van der Waals surface area (Å²) >= 11 is 0. The molecule has 3 heteroatoms. The van der Waals surface area contributed by atoms with Gasteiger partial charge in [-0.3, -0.25) is 4.90 Å². The molecule has 0 spiro atoms. The van der Waals surface area contributed by atoms with Gasteiger partial charge in [-0.1, -0.05) is 12.8 Å². The summed E-state index contributed by atoms with van der Waals surface area (Å²) in [6.07, 6.45) is 8.33. The van der Waals surface area contributed by atoms with Gasteiger partial charge in [0.2, 0.25) is 0 Å². The maximum absolute atomic E-state index is 5.89. The molecule has 0 bridgehead atoms. The minimum absolute atomic E-state index is 0.472. The Morgan fingerprint density at radius 1 is 1.13 bits per heavy atom.